The van der Waals surface area contributed by atoms with Crippen LogP contribution in [0.1, 0.15) is 66.2 Å². The van der Waals surface area contributed by atoms with Crippen LogP contribution in [0.3, 0.4) is 0 Å². The summed E-state index contributed by atoms with van der Waals surface area (Å²) in [5.41, 5.74) is -0.993. The average molecular weight is 335 g/mol. The molecule has 24 heavy (non-hydrogen) atoms. The third kappa shape index (κ3) is 5.08. The zero-order valence-corrected chi connectivity index (χ0v) is 15.5. The van der Waals surface area contributed by atoms with E-state index in [9.17, 15) is 10.0 Å². The molecular formula is C19H31N2O3. The number of hydroxylamine groups is 2. The number of hydrogen-bond acceptors (Lipinski definition) is 3. The van der Waals surface area contributed by atoms with Gasteiger partial charge in [-0.2, -0.15) is 0 Å². The van der Waals surface area contributed by atoms with Gasteiger partial charge in [0.05, 0.1) is 0 Å². The minimum absolute atomic E-state index is 0.132. The second-order valence-electron chi connectivity index (χ2n) is 8.17. The third-order valence-corrected chi connectivity index (χ3v) is 4.82. The molecule has 0 saturated carbocycles. The van der Waals surface area contributed by atoms with Crippen LogP contribution in [0.2, 0.25) is 0 Å². The zero-order chi connectivity index (χ0) is 17.8. The van der Waals surface area contributed by atoms with Gasteiger partial charge >= 0.3 is 5.97 Å². The average Bonchev–Trinajstić information content (AvgIpc) is 2.97. The molecule has 0 unspecified atom stereocenters. The first-order valence-electron chi connectivity index (χ1n) is 8.98. The number of carbonyl (C=O) groups is 1. The van der Waals surface area contributed by atoms with Crippen LogP contribution >= 0.6 is 0 Å². The molecule has 5 nitrogen and oxygen atoms in total. The molecule has 5 heteroatoms. The van der Waals surface area contributed by atoms with Gasteiger partial charge in [-0.05, 0) is 52.7 Å². The summed E-state index contributed by atoms with van der Waals surface area (Å²) in [7, 11) is 0. The van der Waals surface area contributed by atoms with Gasteiger partial charge in [0.15, 0.2) is 0 Å². The first kappa shape index (κ1) is 19.0. The fourth-order valence-corrected chi connectivity index (χ4v) is 3.76. The molecule has 0 aromatic carbocycles. The van der Waals surface area contributed by atoms with Crippen molar-refractivity contribution in [3.63, 3.8) is 0 Å². The van der Waals surface area contributed by atoms with Gasteiger partial charge in [0.2, 0.25) is 0 Å². The van der Waals surface area contributed by atoms with Crippen molar-refractivity contribution in [1.82, 2.24) is 9.63 Å². The van der Waals surface area contributed by atoms with E-state index >= 15 is 0 Å². The van der Waals surface area contributed by atoms with Crippen molar-refractivity contribution < 1.29 is 14.7 Å². The molecule has 1 radical (unpaired) electrons. The van der Waals surface area contributed by atoms with Crippen LogP contribution in [0.4, 0.5) is 0 Å². The van der Waals surface area contributed by atoms with Crippen LogP contribution in [0.15, 0.2) is 24.5 Å². The fourth-order valence-electron chi connectivity index (χ4n) is 3.76. The van der Waals surface area contributed by atoms with Crippen molar-refractivity contribution in [3.8, 4) is 0 Å². The van der Waals surface area contributed by atoms with E-state index in [4.69, 9.17) is 4.74 Å². The van der Waals surface area contributed by atoms with Crippen LogP contribution in [0.25, 0.3) is 0 Å². The lowest BCUT2D eigenvalue weighted by atomic mass is 9.80. The van der Waals surface area contributed by atoms with E-state index in [0.717, 1.165) is 30.9 Å². The number of unbranched alkanes of at least 4 members (excludes halogenated alkanes) is 2. The molecule has 0 amide bonds. The predicted molar refractivity (Wildman–Crippen MR) is 92.7 cm³/mol. The molecule has 0 bridgehead atoms. The third-order valence-electron chi connectivity index (χ3n) is 4.82. The molecule has 1 aliphatic rings. The number of aryl methyl sites for hydroxylation is 1. The number of carbonyl (C=O) groups excluding carboxylic acids is 1. The van der Waals surface area contributed by atoms with Crippen molar-refractivity contribution in [1.29, 1.82) is 0 Å². The van der Waals surface area contributed by atoms with Crippen LogP contribution in [0, 0.1) is 0 Å². The van der Waals surface area contributed by atoms with Gasteiger partial charge in [-0.3, -0.25) is 4.79 Å². The van der Waals surface area contributed by atoms with Crippen LogP contribution < -0.4 is 0 Å². The largest absolute Gasteiger partial charge is 0.462 e. The normalized spacial score (nSPS) is 20.9. The quantitative estimate of drug-likeness (QED) is 0.560. The maximum atomic E-state index is 12.3. The number of hydrogen-bond donors (Lipinski definition) is 0. The summed E-state index contributed by atoms with van der Waals surface area (Å²) in [5, 5.41) is 13.5. The Morgan fingerprint density at radius 3 is 2.21 bits per heavy atom. The fraction of sp³-hybridized carbons (Fsp3) is 0.737. The van der Waals surface area contributed by atoms with E-state index < -0.39 is 11.1 Å². The van der Waals surface area contributed by atoms with Gasteiger partial charge in [0.25, 0.3) is 0 Å². The van der Waals surface area contributed by atoms with Crippen molar-refractivity contribution in [2.75, 3.05) is 0 Å². The molecule has 2 rings (SSSR count). The Labute approximate surface area is 145 Å². The second kappa shape index (κ2) is 7.70. The Hall–Kier alpha value is -1.33. The summed E-state index contributed by atoms with van der Waals surface area (Å²) in [5.74, 6) is -0.132. The van der Waals surface area contributed by atoms with Crippen LogP contribution in [-0.4, -0.2) is 32.8 Å². The summed E-state index contributed by atoms with van der Waals surface area (Å²) in [6, 6.07) is 4.04. The molecule has 1 aromatic rings. The van der Waals surface area contributed by atoms with Gasteiger partial charge in [0.1, 0.15) is 6.10 Å². The number of esters is 1. The summed E-state index contributed by atoms with van der Waals surface area (Å²) in [6.45, 7) is 8.67. The topological polar surface area (TPSA) is 54.4 Å². The highest BCUT2D eigenvalue weighted by atomic mass is 16.5. The van der Waals surface area contributed by atoms with E-state index in [0.29, 0.717) is 19.3 Å². The summed E-state index contributed by atoms with van der Waals surface area (Å²) in [6.07, 6.45) is 8.54. The Morgan fingerprint density at radius 1 is 1.04 bits per heavy atom. The lowest BCUT2D eigenvalue weighted by Crippen LogP contribution is -2.60. The number of nitrogens with zero attached hydrogens (tertiary/aromatic N) is 2. The lowest BCUT2D eigenvalue weighted by molar-refractivity contribution is -0.299. The summed E-state index contributed by atoms with van der Waals surface area (Å²) < 4.78 is 7.81. The molecular weight excluding hydrogens is 304 g/mol. The number of rotatable bonds is 7. The smallest absolute Gasteiger partial charge is 0.306 e. The van der Waals surface area contributed by atoms with Gasteiger partial charge < -0.3 is 9.30 Å². The second-order valence-corrected chi connectivity index (χ2v) is 8.17. The molecule has 0 spiro atoms. The van der Waals surface area contributed by atoms with Crippen molar-refractivity contribution in [3.05, 3.63) is 24.5 Å². The van der Waals surface area contributed by atoms with E-state index in [1.54, 1.807) is 0 Å². The molecule has 135 valence electrons. The molecule has 0 aliphatic carbocycles. The first-order chi connectivity index (χ1) is 11.2. The van der Waals surface area contributed by atoms with Gasteiger partial charge in [-0.15, -0.1) is 10.3 Å². The van der Waals surface area contributed by atoms with Crippen molar-refractivity contribution in [2.45, 2.75) is 89.9 Å². The summed E-state index contributed by atoms with van der Waals surface area (Å²) >= 11 is 0. The van der Waals surface area contributed by atoms with E-state index in [-0.39, 0.29) is 12.1 Å². The number of ether oxygens (including phenoxy) is 1. The SMILES string of the molecule is CC1(C)CC(OC(=O)CCCCCn2cccc2)CC(C)(C)N1[O]. The highest BCUT2D eigenvalue weighted by molar-refractivity contribution is 5.69. The molecule has 1 aromatic heterocycles. The molecule has 2 heterocycles. The Bertz CT molecular complexity index is 505. The Morgan fingerprint density at radius 2 is 1.62 bits per heavy atom. The lowest BCUT2D eigenvalue weighted by Gasteiger charge is -2.49. The number of aromatic nitrogens is 1. The zero-order valence-electron chi connectivity index (χ0n) is 15.5. The highest BCUT2D eigenvalue weighted by Gasteiger charge is 2.47. The van der Waals surface area contributed by atoms with Gasteiger partial charge in [0, 0.05) is 49.3 Å². The van der Waals surface area contributed by atoms with E-state index in [2.05, 4.69) is 17.0 Å². The highest BCUT2D eigenvalue weighted by Crippen LogP contribution is 2.38. The van der Waals surface area contributed by atoms with E-state index in [1.807, 2.05) is 39.8 Å². The van der Waals surface area contributed by atoms with Crippen LogP contribution in [0.5, 0.6) is 0 Å². The molecule has 0 atom stereocenters. The Balaban J connectivity index is 1.68. The van der Waals surface area contributed by atoms with Gasteiger partial charge in [-0.1, -0.05) is 6.42 Å². The summed E-state index contributed by atoms with van der Waals surface area (Å²) in [4.78, 5) is 12.1. The molecule has 1 aliphatic heterocycles. The van der Waals surface area contributed by atoms with Crippen molar-refractivity contribution >= 4 is 5.97 Å². The van der Waals surface area contributed by atoms with Gasteiger partial charge in [-0.25, -0.2) is 0 Å². The maximum Gasteiger partial charge on any atom is 0.306 e. The molecule has 1 saturated heterocycles. The van der Waals surface area contributed by atoms with Crippen molar-refractivity contribution in [2.24, 2.45) is 0 Å². The van der Waals surface area contributed by atoms with Crippen LogP contribution in [-0.2, 0) is 21.3 Å². The maximum absolute atomic E-state index is 12.3. The monoisotopic (exact) mass is 335 g/mol. The Kier molecular flexibility index (Phi) is 6.10. The molecule has 0 N–H and O–H groups in total. The van der Waals surface area contributed by atoms with E-state index in [1.165, 1.54) is 0 Å². The molecule has 1 fully saturated rings. The first-order valence-corrected chi connectivity index (χ1v) is 8.98. The minimum Gasteiger partial charge on any atom is -0.462 e. The number of piperidine rings is 1. The standard InChI is InChI=1S/C19H31N2O3/c1-18(2)14-16(15-19(3,4)21(18)23)24-17(22)10-6-5-7-11-20-12-8-9-13-20/h8-9,12-13,16H,5-7,10-11,14-15H2,1-4H3. The predicted octanol–water partition coefficient (Wildman–Crippen LogP) is 3.96. The minimum atomic E-state index is -0.497.